The molecule has 2 rings (SSSR count). The van der Waals surface area contributed by atoms with E-state index in [0.29, 0.717) is 0 Å². The van der Waals surface area contributed by atoms with Crippen LogP contribution in [0.25, 0.3) is 0 Å². The van der Waals surface area contributed by atoms with Gasteiger partial charge in [0.25, 0.3) is 0 Å². The summed E-state index contributed by atoms with van der Waals surface area (Å²) in [4.78, 5) is 12.0. The number of ether oxygens (including phenoxy) is 1. The van der Waals surface area contributed by atoms with Gasteiger partial charge in [-0.3, -0.25) is 4.79 Å². The number of anilines is 1. The quantitative estimate of drug-likeness (QED) is 0.876. The van der Waals surface area contributed by atoms with Gasteiger partial charge in [-0.2, -0.15) is 0 Å². The smallest absolute Gasteiger partial charge is 0.227 e. The van der Waals surface area contributed by atoms with Crippen molar-refractivity contribution in [3.05, 3.63) is 24.3 Å². The Labute approximate surface area is 114 Å². The summed E-state index contributed by atoms with van der Waals surface area (Å²) in [6, 6.07) is 7.65. The minimum absolute atomic E-state index is 0.0570. The fourth-order valence-corrected chi connectivity index (χ4v) is 2.39. The van der Waals surface area contributed by atoms with Crippen LogP contribution in [0.1, 0.15) is 33.1 Å². The van der Waals surface area contributed by atoms with Crippen LogP contribution in [0.15, 0.2) is 24.3 Å². The first kappa shape index (κ1) is 13.9. The first-order chi connectivity index (χ1) is 9.04. The van der Waals surface area contributed by atoms with E-state index in [1.807, 2.05) is 38.1 Å². The summed E-state index contributed by atoms with van der Waals surface area (Å²) < 4.78 is 5.56. The lowest BCUT2D eigenvalue weighted by molar-refractivity contribution is -0.119. The topological polar surface area (TPSA) is 64.3 Å². The van der Waals surface area contributed by atoms with Crippen molar-refractivity contribution in [2.75, 3.05) is 5.32 Å². The van der Waals surface area contributed by atoms with Gasteiger partial charge in [-0.05, 0) is 57.4 Å². The summed E-state index contributed by atoms with van der Waals surface area (Å²) in [5.74, 6) is 0.947. The highest BCUT2D eigenvalue weighted by Gasteiger charge is 2.27. The van der Waals surface area contributed by atoms with Crippen LogP contribution in [0.5, 0.6) is 5.75 Å². The molecular formula is C15H22N2O2. The standard InChI is InChI=1S/C15H22N2O2/c1-10(2)19-14-7-5-13(6-8-14)17-15(18)11-3-4-12(16)9-11/h5-8,10-12H,3-4,9,16H2,1-2H3,(H,17,18). The maximum Gasteiger partial charge on any atom is 0.227 e. The van der Waals surface area contributed by atoms with E-state index in [1.165, 1.54) is 0 Å². The molecule has 0 saturated heterocycles. The van der Waals surface area contributed by atoms with Crippen molar-refractivity contribution >= 4 is 11.6 Å². The maximum absolute atomic E-state index is 12.0. The van der Waals surface area contributed by atoms with Crippen LogP contribution in [0.2, 0.25) is 0 Å². The SMILES string of the molecule is CC(C)Oc1ccc(NC(=O)C2CCC(N)C2)cc1. The fraction of sp³-hybridized carbons (Fsp3) is 0.533. The summed E-state index contributed by atoms with van der Waals surface area (Å²) in [6.45, 7) is 3.97. The van der Waals surface area contributed by atoms with E-state index in [2.05, 4.69) is 5.32 Å². The van der Waals surface area contributed by atoms with Gasteiger partial charge in [0.15, 0.2) is 0 Å². The van der Waals surface area contributed by atoms with E-state index in [4.69, 9.17) is 10.5 Å². The van der Waals surface area contributed by atoms with E-state index in [1.54, 1.807) is 0 Å². The zero-order chi connectivity index (χ0) is 13.8. The van der Waals surface area contributed by atoms with Gasteiger partial charge in [-0.15, -0.1) is 0 Å². The summed E-state index contributed by atoms with van der Waals surface area (Å²) in [5, 5.41) is 2.93. The molecule has 0 spiro atoms. The lowest BCUT2D eigenvalue weighted by Crippen LogP contribution is -2.23. The second-order valence-corrected chi connectivity index (χ2v) is 5.45. The Balaban J connectivity index is 1.90. The van der Waals surface area contributed by atoms with Gasteiger partial charge in [-0.25, -0.2) is 0 Å². The van der Waals surface area contributed by atoms with Gasteiger partial charge in [0, 0.05) is 17.6 Å². The molecule has 1 saturated carbocycles. The fourth-order valence-electron chi connectivity index (χ4n) is 2.39. The van der Waals surface area contributed by atoms with Gasteiger partial charge in [0.05, 0.1) is 6.10 Å². The largest absolute Gasteiger partial charge is 0.491 e. The third-order valence-corrected chi connectivity index (χ3v) is 3.34. The Morgan fingerprint density at radius 1 is 1.32 bits per heavy atom. The highest BCUT2D eigenvalue weighted by atomic mass is 16.5. The molecule has 104 valence electrons. The second kappa shape index (κ2) is 6.06. The number of nitrogens with one attached hydrogen (secondary N) is 1. The summed E-state index contributed by atoms with van der Waals surface area (Å²) >= 11 is 0. The molecule has 1 aromatic carbocycles. The molecule has 19 heavy (non-hydrogen) atoms. The molecule has 3 N–H and O–H groups in total. The summed E-state index contributed by atoms with van der Waals surface area (Å²) in [6.07, 6.45) is 2.78. The molecular weight excluding hydrogens is 240 g/mol. The average Bonchev–Trinajstić information content (AvgIpc) is 2.78. The first-order valence-electron chi connectivity index (χ1n) is 6.88. The molecule has 4 heteroatoms. The number of carbonyl (C=O) groups is 1. The van der Waals surface area contributed by atoms with Crippen LogP contribution in [-0.4, -0.2) is 18.1 Å². The number of rotatable bonds is 4. The number of hydrogen-bond donors (Lipinski definition) is 2. The number of carbonyl (C=O) groups excluding carboxylic acids is 1. The average molecular weight is 262 g/mol. The van der Waals surface area contributed by atoms with Crippen molar-refractivity contribution in [2.24, 2.45) is 11.7 Å². The predicted molar refractivity (Wildman–Crippen MR) is 76.2 cm³/mol. The van der Waals surface area contributed by atoms with Gasteiger partial charge < -0.3 is 15.8 Å². The number of benzene rings is 1. The van der Waals surface area contributed by atoms with Crippen LogP contribution >= 0.6 is 0 Å². The van der Waals surface area contributed by atoms with Crippen LogP contribution in [0, 0.1) is 5.92 Å². The van der Waals surface area contributed by atoms with Crippen LogP contribution in [0.3, 0.4) is 0 Å². The molecule has 0 bridgehead atoms. The molecule has 1 aliphatic carbocycles. The molecule has 2 atom stereocenters. The lowest BCUT2D eigenvalue weighted by atomic mass is 10.1. The van der Waals surface area contributed by atoms with E-state index in [-0.39, 0.29) is 24.0 Å². The van der Waals surface area contributed by atoms with Crippen molar-refractivity contribution < 1.29 is 9.53 Å². The zero-order valence-electron chi connectivity index (χ0n) is 11.6. The molecule has 0 aliphatic heterocycles. The van der Waals surface area contributed by atoms with Crippen LogP contribution in [0.4, 0.5) is 5.69 Å². The van der Waals surface area contributed by atoms with Crippen molar-refractivity contribution in [3.8, 4) is 5.75 Å². The number of hydrogen-bond acceptors (Lipinski definition) is 3. The normalized spacial score (nSPS) is 22.5. The van der Waals surface area contributed by atoms with Crippen molar-refractivity contribution in [1.29, 1.82) is 0 Å². The minimum Gasteiger partial charge on any atom is -0.491 e. The Morgan fingerprint density at radius 3 is 2.53 bits per heavy atom. The monoisotopic (exact) mass is 262 g/mol. The lowest BCUT2D eigenvalue weighted by Gasteiger charge is -2.12. The Bertz CT molecular complexity index is 428. The molecule has 1 aromatic rings. The predicted octanol–water partition coefficient (Wildman–Crippen LogP) is 2.54. The molecule has 4 nitrogen and oxygen atoms in total. The molecule has 1 fully saturated rings. The van der Waals surface area contributed by atoms with Crippen molar-refractivity contribution in [3.63, 3.8) is 0 Å². The number of nitrogens with two attached hydrogens (primary N) is 1. The van der Waals surface area contributed by atoms with Gasteiger partial charge in [0.2, 0.25) is 5.91 Å². The highest BCUT2D eigenvalue weighted by molar-refractivity contribution is 5.92. The van der Waals surface area contributed by atoms with Gasteiger partial charge in [0.1, 0.15) is 5.75 Å². The summed E-state index contributed by atoms with van der Waals surface area (Å²) in [7, 11) is 0. The van der Waals surface area contributed by atoms with E-state index >= 15 is 0 Å². The number of amides is 1. The third-order valence-electron chi connectivity index (χ3n) is 3.34. The maximum atomic E-state index is 12.0. The highest BCUT2D eigenvalue weighted by Crippen LogP contribution is 2.26. The van der Waals surface area contributed by atoms with Crippen LogP contribution in [-0.2, 0) is 4.79 Å². The second-order valence-electron chi connectivity index (χ2n) is 5.45. The van der Waals surface area contributed by atoms with Gasteiger partial charge in [-0.1, -0.05) is 0 Å². The molecule has 1 aliphatic rings. The van der Waals surface area contributed by atoms with E-state index < -0.39 is 0 Å². The minimum atomic E-state index is 0.0570. The molecule has 0 heterocycles. The van der Waals surface area contributed by atoms with Crippen molar-refractivity contribution in [2.45, 2.75) is 45.3 Å². The van der Waals surface area contributed by atoms with E-state index in [0.717, 1.165) is 30.7 Å². The van der Waals surface area contributed by atoms with Crippen LogP contribution < -0.4 is 15.8 Å². The summed E-state index contributed by atoms with van der Waals surface area (Å²) in [5.41, 5.74) is 6.63. The Kier molecular flexibility index (Phi) is 4.43. The third kappa shape index (κ3) is 3.96. The van der Waals surface area contributed by atoms with E-state index in [9.17, 15) is 4.79 Å². The Morgan fingerprint density at radius 2 is 2.00 bits per heavy atom. The Hall–Kier alpha value is -1.55. The first-order valence-corrected chi connectivity index (χ1v) is 6.88. The molecule has 0 radical (unpaired) electrons. The molecule has 1 amide bonds. The van der Waals surface area contributed by atoms with Gasteiger partial charge >= 0.3 is 0 Å². The van der Waals surface area contributed by atoms with Crippen molar-refractivity contribution in [1.82, 2.24) is 0 Å². The molecule has 0 aromatic heterocycles. The zero-order valence-corrected chi connectivity index (χ0v) is 11.6. The molecule has 2 unspecified atom stereocenters.